The predicted molar refractivity (Wildman–Crippen MR) is 127 cm³/mol. The standard InChI is InChI=1S/C26H29FN4O2/c1-2-13-28-25(32)17-31-14-11-20(12-15-31)29-26(33)22-16-24(18-7-9-19(27)10-8-18)30-23-6-4-3-5-21(22)23/h3-10,16,20H,2,11-15,17H2,1H3,(H,28,32)(H,29,33). The number of carbonyl (C=O) groups excluding carboxylic acids is 2. The second-order valence-electron chi connectivity index (χ2n) is 8.45. The highest BCUT2D eigenvalue weighted by Gasteiger charge is 2.23. The maximum atomic E-state index is 13.4. The summed E-state index contributed by atoms with van der Waals surface area (Å²) in [5.41, 5.74) is 2.66. The number of amides is 2. The van der Waals surface area contributed by atoms with E-state index >= 15 is 0 Å². The van der Waals surface area contributed by atoms with Crippen molar-refractivity contribution >= 4 is 22.7 Å². The molecule has 4 rings (SSSR count). The molecule has 1 aliphatic rings. The molecule has 2 amide bonds. The lowest BCUT2D eigenvalue weighted by molar-refractivity contribution is -0.122. The Kier molecular flexibility index (Phi) is 7.29. The molecule has 2 aromatic carbocycles. The van der Waals surface area contributed by atoms with E-state index in [4.69, 9.17) is 0 Å². The molecule has 3 aromatic rings. The number of carbonyl (C=O) groups is 2. The molecule has 6 nitrogen and oxygen atoms in total. The van der Waals surface area contributed by atoms with Crippen molar-refractivity contribution in [3.63, 3.8) is 0 Å². The smallest absolute Gasteiger partial charge is 0.252 e. The fraction of sp³-hybridized carbons (Fsp3) is 0.346. The van der Waals surface area contributed by atoms with Gasteiger partial charge in [-0.2, -0.15) is 0 Å². The second kappa shape index (κ2) is 10.5. The molecule has 2 heterocycles. The highest BCUT2D eigenvalue weighted by molar-refractivity contribution is 6.07. The van der Waals surface area contributed by atoms with Gasteiger partial charge in [-0.25, -0.2) is 9.37 Å². The minimum Gasteiger partial charge on any atom is -0.355 e. The quantitative estimate of drug-likeness (QED) is 0.577. The Balaban J connectivity index is 1.46. The Bertz CT molecular complexity index is 1120. The summed E-state index contributed by atoms with van der Waals surface area (Å²) in [6.07, 6.45) is 2.51. The number of fused-ring (bicyclic) bond motifs is 1. The van der Waals surface area contributed by atoms with Crippen molar-refractivity contribution in [3.8, 4) is 11.3 Å². The molecule has 0 radical (unpaired) electrons. The van der Waals surface area contributed by atoms with Crippen molar-refractivity contribution in [3.05, 3.63) is 66.0 Å². The minimum absolute atomic E-state index is 0.0497. The van der Waals surface area contributed by atoms with Gasteiger partial charge in [0.2, 0.25) is 5.91 Å². The summed E-state index contributed by atoms with van der Waals surface area (Å²) in [5, 5.41) is 6.86. The lowest BCUT2D eigenvalue weighted by atomic mass is 10.0. The molecule has 7 heteroatoms. The van der Waals surface area contributed by atoms with Crippen LogP contribution in [0.1, 0.15) is 36.5 Å². The van der Waals surface area contributed by atoms with Crippen molar-refractivity contribution in [1.82, 2.24) is 20.5 Å². The molecule has 172 valence electrons. The number of aromatic nitrogens is 1. The molecule has 1 aliphatic heterocycles. The highest BCUT2D eigenvalue weighted by Crippen LogP contribution is 2.25. The van der Waals surface area contributed by atoms with Crippen LogP contribution in [-0.2, 0) is 4.79 Å². The molecule has 0 spiro atoms. The lowest BCUT2D eigenvalue weighted by Crippen LogP contribution is -2.47. The number of para-hydroxylation sites is 1. The van der Waals surface area contributed by atoms with Crippen molar-refractivity contribution < 1.29 is 14.0 Å². The summed E-state index contributed by atoms with van der Waals surface area (Å²) >= 11 is 0. The number of hydrogen-bond donors (Lipinski definition) is 2. The van der Waals surface area contributed by atoms with Crippen LogP contribution in [-0.4, -0.2) is 53.9 Å². The summed E-state index contributed by atoms with van der Waals surface area (Å²) < 4.78 is 13.4. The summed E-state index contributed by atoms with van der Waals surface area (Å²) in [6, 6.07) is 15.5. The van der Waals surface area contributed by atoms with Gasteiger partial charge in [-0.15, -0.1) is 0 Å². The summed E-state index contributed by atoms with van der Waals surface area (Å²) in [6.45, 7) is 4.66. The zero-order valence-electron chi connectivity index (χ0n) is 18.8. The minimum atomic E-state index is -0.313. The lowest BCUT2D eigenvalue weighted by Gasteiger charge is -2.32. The van der Waals surface area contributed by atoms with Gasteiger partial charge in [0.1, 0.15) is 5.82 Å². The van der Waals surface area contributed by atoms with Gasteiger partial charge >= 0.3 is 0 Å². The first-order valence-corrected chi connectivity index (χ1v) is 11.5. The topological polar surface area (TPSA) is 74.3 Å². The first-order chi connectivity index (χ1) is 16.0. The molecule has 0 aliphatic carbocycles. The SMILES string of the molecule is CCCNC(=O)CN1CCC(NC(=O)c2cc(-c3ccc(F)cc3)nc3ccccc23)CC1. The van der Waals surface area contributed by atoms with Gasteiger partial charge in [-0.3, -0.25) is 14.5 Å². The predicted octanol–water partition coefficient (Wildman–Crippen LogP) is 3.76. The molecular weight excluding hydrogens is 419 g/mol. The first kappa shape index (κ1) is 22.9. The van der Waals surface area contributed by atoms with E-state index in [0.29, 0.717) is 24.3 Å². The van der Waals surface area contributed by atoms with Crippen LogP contribution in [0.5, 0.6) is 0 Å². The number of hydrogen-bond acceptors (Lipinski definition) is 4. The number of halogens is 1. The molecule has 0 unspecified atom stereocenters. The summed E-state index contributed by atoms with van der Waals surface area (Å²) in [4.78, 5) is 32.0. The van der Waals surface area contributed by atoms with Gasteiger partial charge in [0.15, 0.2) is 0 Å². The molecular formula is C26H29FN4O2. The van der Waals surface area contributed by atoms with Crippen molar-refractivity contribution in [1.29, 1.82) is 0 Å². The van der Waals surface area contributed by atoms with Crippen molar-refractivity contribution in [2.75, 3.05) is 26.2 Å². The molecule has 1 aromatic heterocycles. The Morgan fingerprint density at radius 1 is 1.09 bits per heavy atom. The van der Waals surface area contributed by atoms with Crippen LogP contribution < -0.4 is 10.6 Å². The molecule has 1 fully saturated rings. The number of benzene rings is 2. The second-order valence-corrected chi connectivity index (χ2v) is 8.45. The normalized spacial score (nSPS) is 14.8. The number of rotatable bonds is 7. The molecule has 0 saturated carbocycles. The molecule has 33 heavy (non-hydrogen) atoms. The van der Waals surface area contributed by atoms with E-state index in [2.05, 4.69) is 20.5 Å². The van der Waals surface area contributed by atoms with E-state index in [0.717, 1.165) is 48.8 Å². The van der Waals surface area contributed by atoms with E-state index in [1.807, 2.05) is 31.2 Å². The van der Waals surface area contributed by atoms with Gasteiger partial charge in [0.25, 0.3) is 5.91 Å². The zero-order valence-corrected chi connectivity index (χ0v) is 18.8. The number of pyridine rings is 1. The van der Waals surface area contributed by atoms with Crippen LogP contribution in [0.25, 0.3) is 22.2 Å². The van der Waals surface area contributed by atoms with Gasteiger partial charge in [-0.05, 0) is 55.7 Å². The third-order valence-electron chi connectivity index (χ3n) is 5.96. The fourth-order valence-electron chi connectivity index (χ4n) is 4.15. The average Bonchev–Trinajstić information content (AvgIpc) is 2.83. The largest absolute Gasteiger partial charge is 0.355 e. The molecule has 0 atom stereocenters. The number of piperidine rings is 1. The molecule has 2 N–H and O–H groups in total. The fourth-order valence-corrected chi connectivity index (χ4v) is 4.15. The first-order valence-electron chi connectivity index (χ1n) is 11.5. The number of likely N-dealkylation sites (tertiary alicyclic amines) is 1. The van der Waals surface area contributed by atoms with Crippen LogP contribution in [0, 0.1) is 5.82 Å². The highest BCUT2D eigenvalue weighted by atomic mass is 19.1. The maximum Gasteiger partial charge on any atom is 0.252 e. The number of nitrogens with one attached hydrogen (secondary N) is 2. The van der Waals surface area contributed by atoms with Gasteiger partial charge in [0.05, 0.1) is 23.3 Å². The van der Waals surface area contributed by atoms with Crippen LogP contribution in [0.4, 0.5) is 4.39 Å². The van der Waals surface area contributed by atoms with E-state index in [1.54, 1.807) is 18.2 Å². The van der Waals surface area contributed by atoms with E-state index in [-0.39, 0.29) is 23.7 Å². The van der Waals surface area contributed by atoms with E-state index < -0.39 is 0 Å². The zero-order chi connectivity index (χ0) is 23.2. The van der Waals surface area contributed by atoms with E-state index in [9.17, 15) is 14.0 Å². The van der Waals surface area contributed by atoms with Crippen molar-refractivity contribution in [2.24, 2.45) is 0 Å². The summed E-state index contributed by atoms with van der Waals surface area (Å²) in [5.74, 6) is -0.404. The van der Waals surface area contributed by atoms with Gasteiger partial charge < -0.3 is 10.6 Å². The Hall–Kier alpha value is -3.32. The summed E-state index contributed by atoms with van der Waals surface area (Å²) in [7, 11) is 0. The third-order valence-corrected chi connectivity index (χ3v) is 5.96. The Morgan fingerprint density at radius 3 is 2.55 bits per heavy atom. The van der Waals surface area contributed by atoms with Gasteiger partial charge in [0, 0.05) is 36.6 Å². The molecule has 0 bridgehead atoms. The third kappa shape index (κ3) is 5.73. The van der Waals surface area contributed by atoms with Crippen LogP contribution >= 0.6 is 0 Å². The Morgan fingerprint density at radius 2 is 1.82 bits per heavy atom. The Labute approximate surface area is 193 Å². The van der Waals surface area contributed by atoms with E-state index in [1.165, 1.54) is 12.1 Å². The van der Waals surface area contributed by atoms with Crippen LogP contribution in [0.3, 0.4) is 0 Å². The average molecular weight is 449 g/mol. The van der Waals surface area contributed by atoms with Crippen molar-refractivity contribution in [2.45, 2.75) is 32.2 Å². The number of nitrogens with zero attached hydrogens (tertiary/aromatic N) is 2. The maximum absolute atomic E-state index is 13.4. The molecule has 1 saturated heterocycles. The van der Waals surface area contributed by atoms with Gasteiger partial charge in [-0.1, -0.05) is 25.1 Å². The van der Waals surface area contributed by atoms with Crippen LogP contribution in [0.15, 0.2) is 54.6 Å². The monoisotopic (exact) mass is 448 g/mol. The van der Waals surface area contributed by atoms with Crippen LogP contribution in [0.2, 0.25) is 0 Å².